The van der Waals surface area contributed by atoms with Gasteiger partial charge in [0.2, 0.25) is 5.95 Å². The maximum Gasteiger partial charge on any atom is 0.299 e. The average Bonchev–Trinajstić information content (AvgIpc) is 3.17. The number of hydrogen-bond acceptors (Lipinski definition) is 6. The molecule has 0 amide bonds. The predicted octanol–water partition coefficient (Wildman–Crippen LogP) is 1.88. The number of nitrogen functional groups attached to an aromatic ring is 1. The molecule has 0 aliphatic carbocycles. The minimum absolute atomic E-state index is 0.0709. The molecule has 3 heterocycles. The molecule has 2 N–H and O–H groups in total. The smallest absolute Gasteiger partial charge is 0.299 e. The van der Waals surface area contributed by atoms with Crippen molar-refractivity contribution in [1.29, 1.82) is 0 Å². The number of hydrogen-bond donors (Lipinski definition) is 1. The molecule has 0 spiro atoms. The topological polar surface area (TPSA) is 86.0 Å². The Hall–Kier alpha value is -2.57. The van der Waals surface area contributed by atoms with Crippen molar-refractivity contribution >= 4 is 23.1 Å². The third kappa shape index (κ3) is 1.93. The molecule has 0 saturated carbocycles. The fourth-order valence-corrected chi connectivity index (χ4v) is 2.81. The highest BCUT2D eigenvalue weighted by Gasteiger charge is 2.32. The van der Waals surface area contributed by atoms with Crippen LogP contribution in [0.4, 0.5) is 12.0 Å². The highest BCUT2D eigenvalue weighted by atomic mass is 16.4. The van der Waals surface area contributed by atoms with Crippen molar-refractivity contribution in [2.24, 2.45) is 7.05 Å². The first kappa shape index (κ1) is 12.2. The van der Waals surface area contributed by atoms with E-state index in [1.807, 2.05) is 24.3 Å². The second kappa shape index (κ2) is 4.47. The Bertz CT molecular complexity index is 739. The van der Waals surface area contributed by atoms with E-state index in [1.165, 1.54) is 0 Å². The maximum atomic E-state index is 5.86. The summed E-state index contributed by atoms with van der Waals surface area (Å²) >= 11 is 0. The molecular weight excluding hydrogens is 268 g/mol. The highest BCUT2D eigenvalue weighted by Crippen LogP contribution is 2.35. The van der Waals surface area contributed by atoms with Crippen molar-refractivity contribution in [1.82, 2.24) is 19.7 Å². The standard InChI is InChI=1S/C14H16N6O/c1-19-13(15)17-12(18-19)10-6-4-8-20(10)14-16-9-5-2-3-7-11(9)21-14/h2-3,5,7,10H,4,6,8H2,1H3,(H2,15,17,18). The van der Waals surface area contributed by atoms with E-state index >= 15 is 0 Å². The summed E-state index contributed by atoms with van der Waals surface area (Å²) in [4.78, 5) is 11.0. The molecule has 1 aliphatic heterocycles. The summed E-state index contributed by atoms with van der Waals surface area (Å²) < 4.78 is 7.46. The molecule has 1 aromatic carbocycles. The minimum Gasteiger partial charge on any atom is -0.423 e. The van der Waals surface area contributed by atoms with Crippen LogP contribution in [0.2, 0.25) is 0 Å². The summed E-state index contributed by atoms with van der Waals surface area (Å²) in [6.07, 6.45) is 2.03. The van der Waals surface area contributed by atoms with Crippen molar-refractivity contribution in [3.05, 3.63) is 30.1 Å². The van der Waals surface area contributed by atoms with Gasteiger partial charge >= 0.3 is 0 Å². The molecule has 7 nitrogen and oxygen atoms in total. The van der Waals surface area contributed by atoms with Gasteiger partial charge in [0.15, 0.2) is 11.4 Å². The number of para-hydroxylation sites is 2. The van der Waals surface area contributed by atoms with Gasteiger partial charge in [-0.05, 0) is 25.0 Å². The summed E-state index contributed by atoms with van der Waals surface area (Å²) in [7, 11) is 1.80. The van der Waals surface area contributed by atoms with Crippen LogP contribution in [0.1, 0.15) is 24.7 Å². The van der Waals surface area contributed by atoms with E-state index in [1.54, 1.807) is 11.7 Å². The van der Waals surface area contributed by atoms with E-state index in [4.69, 9.17) is 10.2 Å². The van der Waals surface area contributed by atoms with Crippen LogP contribution in [0.3, 0.4) is 0 Å². The molecule has 3 aromatic rings. The third-order valence-electron chi connectivity index (χ3n) is 3.89. The third-order valence-corrected chi connectivity index (χ3v) is 3.89. The molecule has 7 heteroatoms. The van der Waals surface area contributed by atoms with E-state index in [9.17, 15) is 0 Å². The van der Waals surface area contributed by atoms with Crippen molar-refractivity contribution < 1.29 is 4.42 Å². The summed E-state index contributed by atoms with van der Waals surface area (Å²) in [5, 5.41) is 4.39. The molecule has 21 heavy (non-hydrogen) atoms. The highest BCUT2D eigenvalue weighted by molar-refractivity contribution is 5.74. The van der Waals surface area contributed by atoms with Gasteiger partial charge in [-0.2, -0.15) is 15.1 Å². The lowest BCUT2D eigenvalue weighted by atomic mass is 10.2. The first-order chi connectivity index (χ1) is 10.2. The number of nitrogens with two attached hydrogens (primary N) is 1. The zero-order valence-corrected chi connectivity index (χ0v) is 11.7. The fraction of sp³-hybridized carbons (Fsp3) is 0.357. The maximum absolute atomic E-state index is 5.86. The minimum atomic E-state index is 0.0709. The van der Waals surface area contributed by atoms with Crippen molar-refractivity contribution in [3.63, 3.8) is 0 Å². The van der Waals surface area contributed by atoms with Crippen molar-refractivity contribution in [2.75, 3.05) is 17.2 Å². The molecule has 0 bridgehead atoms. The molecule has 108 valence electrons. The van der Waals surface area contributed by atoms with Crippen LogP contribution in [0, 0.1) is 0 Å². The Labute approximate surface area is 121 Å². The van der Waals surface area contributed by atoms with Crippen LogP contribution < -0.4 is 10.6 Å². The summed E-state index contributed by atoms with van der Waals surface area (Å²) in [6.45, 7) is 0.885. The van der Waals surface area contributed by atoms with Gasteiger partial charge in [-0.15, -0.1) is 0 Å². The summed E-state index contributed by atoms with van der Waals surface area (Å²) in [5.74, 6) is 1.16. The molecule has 4 rings (SSSR count). The number of rotatable bonds is 2. The molecule has 2 aromatic heterocycles. The van der Waals surface area contributed by atoms with Crippen LogP contribution in [-0.4, -0.2) is 26.3 Å². The molecule has 1 unspecified atom stereocenters. The number of benzene rings is 1. The first-order valence-electron chi connectivity index (χ1n) is 7.01. The fourth-order valence-electron chi connectivity index (χ4n) is 2.81. The molecular formula is C14H16N6O. The molecule has 1 atom stereocenters. The normalized spacial score (nSPS) is 18.7. The van der Waals surface area contributed by atoms with E-state index in [-0.39, 0.29) is 6.04 Å². The van der Waals surface area contributed by atoms with Gasteiger partial charge in [0, 0.05) is 13.6 Å². The van der Waals surface area contributed by atoms with Gasteiger partial charge in [-0.3, -0.25) is 0 Å². The van der Waals surface area contributed by atoms with E-state index in [0.717, 1.165) is 36.3 Å². The summed E-state index contributed by atoms with van der Waals surface area (Å²) in [5.41, 5.74) is 7.45. The van der Waals surface area contributed by atoms with Gasteiger partial charge in [0.25, 0.3) is 6.01 Å². The predicted molar refractivity (Wildman–Crippen MR) is 78.7 cm³/mol. The quantitative estimate of drug-likeness (QED) is 0.773. The van der Waals surface area contributed by atoms with Crippen LogP contribution in [-0.2, 0) is 7.05 Å². The van der Waals surface area contributed by atoms with Gasteiger partial charge in [0.1, 0.15) is 5.52 Å². The van der Waals surface area contributed by atoms with Crippen molar-refractivity contribution in [2.45, 2.75) is 18.9 Å². The lowest BCUT2D eigenvalue weighted by Crippen LogP contribution is -2.23. The van der Waals surface area contributed by atoms with Crippen molar-refractivity contribution in [3.8, 4) is 0 Å². The first-order valence-corrected chi connectivity index (χ1v) is 7.01. The Balaban J connectivity index is 1.72. The zero-order chi connectivity index (χ0) is 14.4. The molecule has 1 fully saturated rings. The van der Waals surface area contributed by atoms with Crippen LogP contribution in [0.15, 0.2) is 28.7 Å². The Kier molecular flexibility index (Phi) is 2.60. The number of aromatic nitrogens is 4. The Morgan fingerprint density at radius 3 is 2.90 bits per heavy atom. The van der Waals surface area contributed by atoms with Gasteiger partial charge in [-0.25, -0.2) is 4.68 Å². The molecule has 1 saturated heterocycles. The summed E-state index contributed by atoms with van der Waals surface area (Å²) in [6, 6.07) is 8.47. The lowest BCUT2D eigenvalue weighted by molar-refractivity contribution is 0.545. The van der Waals surface area contributed by atoms with Crippen LogP contribution in [0.5, 0.6) is 0 Å². The monoisotopic (exact) mass is 284 g/mol. The van der Waals surface area contributed by atoms with E-state index < -0.39 is 0 Å². The number of oxazole rings is 1. The lowest BCUT2D eigenvalue weighted by Gasteiger charge is -2.19. The number of aryl methyl sites for hydroxylation is 1. The van der Waals surface area contributed by atoms with Crippen LogP contribution in [0.25, 0.3) is 11.1 Å². The Morgan fingerprint density at radius 2 is 2.14 bits per heavy atom. The second-order valence-corrected chi connectivity index (χ2v) is 5.27. The van der Waals surface area contributed by atoms with Gasteiger partial charge < -0.3 is 15.1 Å². The number of nitrogens with zero attached hydrogens (tertiary/aromatic N) is 5. The molecule has 0 radical (unpaired) electrons. The Morgan fingerprint density at radius 1 is 1.29 bits per heavy atom. The SMILES string of the molecule is Cn1nc(C2CCCN2c2nc3ccccc3o2)nc1N. The largest absolute Gasteiger partial charge is 0.423 e. The van der Waals surface area contributed by atoms with Crippen LogP contribution >= 0.6 is 0 Å². The number of fused-ring (bicyclic) bond motifs is 1. The zero-order valence-electron chi connectivity index (χ0n) is 11.7. The van der Waals surface area contributed by atoms with Gasteiger partial charge in [0.05, 0.1) is 6.04 Å². The number of anilines is 2. The molecule has 1 aliphatic rings. The second-order valence-electron chi connectivity index (χ2n) is 5.27. The average molecular weight is 284 g/mol. The van der Waals surface area contributed by atoms with E-state index in [0.29, 0.717) is 12.0 Å². The van der Waals surface area contributed by atoms with E-state index in [2.05, 4.69) is 20.0 Å². The van der Waals surface area contributed by atoms with Gasteiger partial charge in [-0.1, -0.05) is 12.1 Å².